The van der Waals surface area contributed by atoms with Crippen molar-refractivity contribution in [2.75, 3.05) is 6.61 Å². The molecule has 1 unspecified atom stereocenters. The monoisotopic (exact) mass is 296 g/mol. The number of aliphatic hydroxyl groups is 1. The second kappa shape index (κ2) is 5.91. The molecule has 4 heteroatoms. The number of nitrogens with two attached hydrogens (primary N) is 1. The molecule has 0 saturated carbocycles. The Morgan fingerprint density at radius 1 is 1.18 bits per heavy atom. The number of oxazole rings is 1. The molecule has 0 aliphatic rings. The van der Waals surface area contributed by atoms with Crippen LogP contribution in [-0.2, 0) is 6.42 Å². The van der Waals surface area contributed by atoms with E-state index in [0.717, 1.165) is 35.1 Å². The Hall–Kier alpha value is -2.17. The maximum Gasteiger partial charge on any atom is 0.227 e. The smallest absolute Gasteiger partial charge is 0.227 e. The molecule has 3 N–H and O–H groups in total. The highest BCUT2D eigenvalue weighted by Gasteiger charge is 2.17. The zero-order valence-corrected chi connectivity index (χ0v) is 12.6. The molecule has 3 aromatic rings. The summed E-state index contributed by atoms with van der Waals surface area (Å²) in [6.45, 7) is 1.84. The molecular weight excluding hydrogens is 276 g/mol. The van der Waals surface area contributed by atoms with E-state index in [1.165, 1.54) is 0 Å². The lowest BCUT2D eigenvalue weighted by molar-refractivity contribution is 0.200. The first-order valence-corrected chi connectivity index (χ1v) is 7.42. The standard InChI is InChI=1S/C18H20N2O2/c1-18(19,12-21)10-9-13-7-8-16-15(11-13)20-17(22-16)14-5-3-2-4-6-14/h2-8,11,21H,9-10,12,19H2,1H3. The van der Waals surface area contributed by atoms with Crippen molar-refractivity contribution < 1.29 is 9.52 Å². The van der Waals surface area contributed by atoms with E-state index in [-0.39, 0.29) is 6.61 Å². The topological polar surface area (TPSA) is 72.3 Å². The van der Waals surface area contributed by atoms with Crippen LogP contribution in [0.1, 0.15) is 18.9 Å². The maximum absolute atomic E-state index is 9.22. The molecule has 114 valence electrons. The number of rotatable bonds is 5. The molecule has 0 fully saturated rings. The molecule has 0 spiro atoms. The zero-order chi connectivity index (χ0) is 15.6. The van der Waals surface area contributed by atoms with Gasteiger partial charge >= 0.3 is 0 Å². The molecule has 1 aromatic heterocycles. The summed E-state index contributed by atoms with van der Waals surface area (Å²) in [6.07, 6.45) is 1.52. The van der Waals surface area contributed by atoms with Crippen molar-refractivity contribution >= 4 is 11.1 Å². The summed E-state index contributed by atoms with van der Waals surface area (Å²) in [5.74, 6) is 0.631. The normalized spacial score (nSPS) is 14.1. The van der Waals surface area contributed by atoms with Crippen LogP contribution >= 0.6 is 0 Å². The molecule has 4 nitrogen and oxygen atoms in total. The molecule has 0 bridgehead atoms. The summed E-state index contributed by atoms with van der Waals surface area (Å²) in [4.78, 5) is 4.56. The van der Waals surface area contributed by atoms with Crippen molar-refractivity contribution in [2.45, 2.75) is 25.3 Å². The van der Waals surface area contributed by atoms with Crippen LogP contribution in [0.15, 0.2) is 52.9 Å². The highest BCUT2D eigenvalue weighted by molar-refractivity contribution is 5.76. The van der Waals surface area contributed by atoms with Gasteiger partial charge in [0.2, 0.25) is 5.89 Å². The van der Waals surface area contributed by atoms with Crippen LogP contribution < -0.4 is 5.73 Å². The fraction of sp³-hybridized carbons (Fsp3) is 0.278. The molecule has 0 aliphatic carbocycles. The fourth-order valence-corrected chi connectivity index (χ4v) is 2.34. The summed E-state index contributed by atoms with van der Waals surface area (Å²) >= 11 is 0. The maximum atomic E-state index is 9.22. The van der Waals surface area contributed by atoms with Gasteiger partial charge in [-0.2, -0.15) is 0 Å². The van der Waals surface area contributed by atoms with Crippen LogP contribution in [0.25, 0.3) is 22.6 Å². The van der Waals surface area contributed by atoms with E-state index in [2.05, 4.69) is 4.98 Å². The van der Waals surface area contributed by atoms with Gasteiger partial charge in [-0.25, -0.2) is 4.98 Å². The Bertz CT molecular complexity index is 763. The summed E-state index contributed by atoms with van der Waals surface area (Å²) in [5, 5.41) is 9.22. The molecule has 0 saturated heterocycles. The highest BCUT2D eigenvalue weighted by atomic mass is 16.3. The SMILES string of the molecule is CC(N)(CO)CCc1ccc2oc(-c3ccccc3)nc2c1. The Morgan fingerprint density at radius 3 is 2.68 bits per heavy atom. The Labute approximate surface area is 129 Å². The third-order valence-electron chi connectivity index (χ3n) is 3.82. The van der Waals surface area contributed by atoms with E-state index in [0.29, 0.717) is 5.89 Å². The molecule has 2 aromatic carbocycles. The van der Waals surface area contributed by atoms with Crippen molar-refractivity contribution in [3.8, 4) is 11.5 Å². The Morgan fingerprint density at radius 2 is 1.95 bits per heavy atom. The van der Waals surface area contributed by atoms with E-state index in [9.17, 15) is 5.11 Å². The largest absolute Gasteiger partial charge is 0.436 e. The van der Waals surface area contributed by atoms with Crippen LogP contribution in [0.3, 0.4) is 0 Å². The lowest BCUT2D eigenvalue weighted by Gasteiger charge is -2.21. The predicted molar refractivity (Wildman–Crippen MR) is 87.4 cm³/mol. The third kappa shape index (κ3) is 3.18. The van der Waals surface area contributed by atoms with E-state index >= 15 is 0 Å². The molecule has 22 heavy (non-hydrogen) atoms. The number of benzene rings is 2. The van der Waals surface area contributed by atoms with Gasteiger partial charge in [0.25, 0.3) is 0 Å². The number of hydrogen-bond donors (Lipinski definition) is 2. The summed E-state index contributed by atoms with van der Waals surface area (Å²) in [7, 11) is 0. The van der Waals surface area contributed by atoms with Crippen molar-refractivity contribution in [3.63, 3.8) is 0 Å². The fourth-order valence-electron chi connectivity index (χ4n) is 2.34. The van der Waals surface area contributed by atoms with Gasteiger partial charge in [0.05, 0.1) is 6.61 Å². The number of hydrogen-bond acceptors (Lipinski definition) is 4. The van der Waals surface area contributed by atoms with Gasteiger partial charge < -0.3 is 15.3 Å². The molecule has 1 atom stereocenters. The minimum absolute atomic E-state index is 0.0165. The summed E-state index contributed by atoms with van der Waals surface area (Å²) < 4.78 is 5.80. The van der Waals surface area contributed by atoms with Gasteiger partial charge in [0.15, 0.2) is 5.58 Å². The average Bonchev–Trinajstić information content (AvgIpc) is 2.97. The molecule has 3 rings (SSSR count). The molecule has 0 radical (unpaired) electrons. The Balaban J connectivity index is 1.85. The molecular formula is C18H20N2O2. The van der Waals surface area contributed by atoms with Crippen LogP contribution in [0.5, 0.6) is 0 Å². The third-order valence-corrected chi connectivity index (χ3v) is 3.82. The first kappa shape index (κ1) is 14.8. The summed E-state index contributed by atoms with van der Waals surface area (Å²) in [5.41, 5.74) is 9.16. The summed E-state index contributed by atoms with van der Waals surface area (Å²) in [6, 6.07) is 15.8. The van der Waals surface area contributed by atoms with Crippen LogP contribution in [0.4, 0.5) is 0 Å². The number of aromatic nitrogens is 1. The number of aryl methyl sites for hydroxylation is 1. The van der Waals surface area contributed by atoms with Gasteiger partial charge in [-0.15, -0.1) is 0 Å². The second-order valence-corrected chi connectivity index (χ2v) is 6.00. The van der Waals surface area contributed by atoms with E-state index in [1.54, 1.807) is 0 Å². The van der Waals surface area contributed by atoms with Gasteiger partial charge in [-0.1, -0.05) is 24.3 Å². The second-order valence-electron chi connectivity index (χ2n) is 6.00. The number of aliphatic hydroxyl groups excluding tert-OH is 1. The van der Waals surface area contributed by atoms with Gasteiger partial charge in [-0.05, 0) is 49.6 Å². The lowest BCUT2D eigenvalue weighted by Crippen LogP contribution is -2.40. The first-order valence-electron chi connectivity index (χ1n) is 7.42. The van der Waals surface area contributed by atoms with Gasteiger partial charge in [-0.3, -0.25) is 0 Å². The molecule has 1 heterocycles. The Kier molecular flexibility index (Phi) is 3.96. The van der Waals surface area contributed by atoms with Crippen LogP contribution in [0, 0.1) is 0 Å². The first-order chi connectivity index (χ1) is 10.6. The van der Waals surface area contributed by atoms with Crippen LogP contribution in [-0.4, -0.2) is 22.2 Å². The quantitative estimate of drug-likeness (QED) is 0.758. The van der Waals surface area contributed by atoms with Crippen molar-refractivity contribution in [2.24, 2.45) is 5.73 Å². The van der Waals surface area contributed by atoms with Crippen molar-refractivity contribution in [1.82, 2.24) is 4.98 Å². The van der Waals surface area contributed by atoms with E-state index < -0.39 is 5.54 Å². The minimum Gasteiger partial charge on any atom is -0.436 e. The minimum atomic E-state index is -0.548. The van der Waals surface area contributed by atoms with Crippen molar-refractivity contribution in [3.05, 3.63) is 54.1 Å². The predicted octanol–water partition coefficient (Wildman–Crippen LogP) is 3.14. The van der Waals surface area contributed by atoms with E-state index in [4.69, 9.17) is 10.2 Å². The van der Waals surface area contributed by atoms with E-state index in [1.807, 2.05) is 55.5 Å². The van der Waals surface area contributed by atoms with Gasteiger partial charge in [0.1, 0.15) is 5.52 Å². The van der Waals surface area contributed by atoms with Crippen LogP contribution in [0.2, 0.25) is 0 Å². The van der Waals surface area contributed by atoms with Gasteiger partial charge in [0, 0.05) is 11.1 Å². The molecule has 0 amide bonds. The number of fused-ring (bicyclic) bond motifs is 1. The van der Waals surface area contributed by atoms with Crippen molar-refractivity contribution in [1.29, 1.82) is 0 Å². The zero-order valence-electron chi connectivity index (χ0n) is 12.6. The average molecular weight is 296 g/mol. The highest BCUT2D eigenvalue weighted by Crippen LogP contribution is 2.25. The number of nitrogens with zero attached hydrogens (tertiary/aromatic N) is 1. The molecule has 0 aliphatic heterocycles. The lowest BCUT2D eigenvalue weighted by atomic mass is 9.95.